The van der Waals surface area contributed by atoms with E-state index in [1.165, 1.54) is 114 Å². The van der Waals surface area contributed by atoms with E-state index >= 15 is 0 Å². The van der Waals surface area contributed by atoms with Crippen molar-refractivity contribution in [3.63, 3.8) is 0 Å². The second kappa shape index (κ2) is 14.8. The van der Waals surface area contributed by atoms with Crippen molar-refractivity contribution in [2.75, 3.05) is 4.90 Å². The Balaban J connectivity index is 0.809. The summed E-state index contributed by atoms with van der Waals surface area (Å²) in [6.07, 6.45) is 44.3. The number of anilines is 1. The molecule has 0 spiro atoms. The summed E-state index contributed by atoms with van der Waals surface area (Å²) in [5.41, 5.74) is 6.95. The zero-order valence-electron chi connectivity index (χ0n) is 34.4. The number of hydrogen-bond acceptors (Lipinski definition) is 4. The molecule has 11 aliphatic rings. The zero-order chi connectivity index (χ0) is 37.5. The Labute approximate surface area is 342 Å². The van der Waals surface area contributed by atoms with Crippen LogP contribution in [0.1, 0.15) is 135 Å². The molecule has 300 valence electrons. The molecule has 4 saturated carbocycles. The van der Waals surface area contributed by atoms with Crippen LogP contribution in [0.5, 0.6) is 0 Å². The summed E-state index contributed by atoms with van der Waals surface area (Å²) in [6, 6.07) is 14.1. The maximum absolute atomic E-state index is 7.13. The van der Waals surface area contributed by atoms with Crippen molar-refractivity contribution in [2.24, 2.45) is 41.4 Å². The molecule has 10 aliphatic carbocycles. The van der Waals surface area contributed by atoms with Crippen LogP contribution >= 0.6 is 0 Å². The lowest BCUT2D eigenvalue weighted by Crippen LogP contribution is -2.55. The summed E-state index contributed by atoms with van der Waals surface area (Å²) < 4.78 is 14.3. The zero-order valence-corrected chi connectivity index (χ0v) is 34.4. The van der Waals surface area contributed by atoms with Gasteiger partial charge < -0.3 is 14.4 Å². The Hall–Kier alpha value is -3.24. The van der Waals surface area contributed by atoms with Crippen molar-refractivity contribution in [1.82, 2.24) is 4.90 Å². The number of fused-ring (bicyclic) bond motifs is 7. The van der Waals surface area contributed by atoms with Crippen molar-refractivity contribution in [3.8, 4) is 0 Å². The third-order valence-corrected chi connectivity index (χ3v) is 17.4. The average Bonchev–Trinajstić information content (AvgIpc) is 4.07. The van der Waals surface area contributed by atoms with Crippen LogP contribution in [0, 0.1) is 41.4 Å². The van der Waals surface area contributed by atoms with Gasteiger partial charge in [0, 0.05) is 67.5 Å². The molecule has 1 aliphatic heterocycles. The summed E-state index contributed by atoms with van der Waals surface area (Å²) in [5.74, 6) is 10.2. The van der Waals surface area contributed by atoms with Gasteiger partial charge in [-0.2, -0.15) is 0 Å². The van der Waals surface area contributed by atoms with E-state index in [0.29, 0.717) is 36.1 Å². The number of hydrogen-bond donors (Lipinski definition) is 0. The molecule has 0 amide bonds. The quantitative estimate of drug-likeness (QED) is 0.270. The van der Waals surface area contributed by atoms with Crippen LogP contribution in [0.15, 0.2) is 113 Å². The summed E-state index contributed by atoms with van der Waals surface area (Å²) in [4.78, 5) is 6.01. The predicted octanol–water partition coefficient (Wildman–Crippen LogP) is 12.6. The summed E-state index contributed by atoms with van der Waals surface area (Å²) >= 11 is 0. The molecule has 0 N–H and O–H groups in total. The van der Waals surface area contributed by atoms with Gasteiger partial charge in [-0.15, -0.1) is 0 Å². The Kier molecular flexibility index (Phi) is 9.26. The molecule has 4 nitrogen and oxygen atoms in total. The molecule has 0 saturated heterocycles. The lowest BCUT2D eigenvalue weighted by molar-refractivity contribution is 0.0302. The van der Waals surface area contributed by atoms with Crippen LogP contribution in [0.3, 0.4) is 0 Å². The van der Waals surface area contributed by atoms with Gasteiger partial charge in [0.25, 0.3) is 0 Å². The fourth-order valence-corrected chi connectivity index (χ4v) is 14.9. The average molecular weight is 763 g/mol. The van der Waals surface area contributed by atoms with Gasteiger partial charge >= 0.3 is 0 Å². The number of para-hydroxylation sites is 1. The van der Waals surface area contributed by atoms with Crippen LogP contribution in [0.2, 0.25) is 0 Å². The van der Waals surface area contributed by atoms with Gasteiger partial charge in [0.15, 0.2) is 0 Å². The molecule has 0 aromatic heterocycles. The van der Waals surface area contributed by atoms with E-state index in [9.17, 15) is 0 Å². The van der Waals surface area contributed by atoms with Crippen LogP contribution < -0.4 is 4.90 Å². The first-order valence-electron chi connectivity index (χ1n) is 24.1. The fourth-order valence-electron chi connectivity index (χ4n) is 14.9. The van der Waals surface area contributed by atoms with Gasteiger partial charge in [-0.25, -0.2) is 0 Å². The third kappa shape index (κ3) is 6.31. The molecule has 12 unspecified atom stereocenters. The minimum Gasteiger partial charge on any atom is -0.459 e. The molecule has 1 aromatic carbocycles. The highest BCUT2D eigenvalue weighted by molar-refractivity contribution is 5.51. The minimum absolute atomic E-state index is 0.424. The highest BCUT2D eigenvalue weighted by Crippen LogP contribution is 2.61. The van der Waals surface area contributed by atoms with E-state index in [2.05, 4.69) is 82.7 Å². The van der Waals surface area contributed by atoms with Crippen LogP contribution in [-0.2, 0) is 9.47 Å². The minimum atomic E-state index is 0.424. The van der Waals surface area contributed by atoms with E-state index in [1.54, 1.807) is 5.57 Å². The molecule has 57 heavy (non-hydrogen) atoms. The van der Waals surface area contributed by atoms with Crippen LogP contribution in [-0.4, -0.2) is 35.1 Å². The van der Waals surface area contributed by atoms with Crippen LogP contribution in [0.25, 0.3) is 0 Å². The third-order valence-electron chi connectivity index (χ3n) is 17.4. The van der Waals surface area contributed by atoms with Crippen molar-refractivity contribution >= 4 is 5.69 Å². The first-order chi connectivity index (χ1) is 28.2. The molecule has 4 heteroatoms. The Bertz CT molecular complexity index is 1950. The molecule has 1 heterocycles. The summed E-state index contributed by atoms with van der Waals surface area (Å²) in [6.45, 7) is 0. The first-order valence-corrected chi connectivity index (χ1v) is 24.1. The lowest BCUT2D eigenvalue weighted by atomic mass is 9.58. The van der Waals surface area contributed by atoms with Crippen molar-refractivity contribution in [2.45, 2.75) is 165 Å². The smallest absolute Gasteiger partial charge is 0.144 e. The molecule has 4 fully saturated rings. The Morgan fingerprint density at radius 3 is 2.19 bits per heavy atom. The van der Waals surface area contributed by atoms with Gasteiger partial charge in [0.05, 0.1) is 0 Å². The number of ether oxygens (including phenoxy) is 2. The topological polar surface area (TPSA) is 24.9 Å². The van der Waals surface area contributed by atoms with Crippen LogP contribution in [0.4, 0.5) is 5.69 Å². The van der Waals surface area contributed by atoms with Crippen molar-refractivity contribution in [1.29, 1.82) is 0 Å². The van der Waals surface area contributed by atoms with E-state index < -0.39 is 0 Å². The molecule has 0 bridgehead atoms. The molecule has 12 atom stereocenters. The highest BCUT2D eigenvalue weighted by Gasteiger charge is 2.53. The van der Waals surface area contributed by atoms with Gasteiger partial charge in [-0.05, 0) is 168 Å². The SMILES string of the molecule is C1=CC2C(CC1)CC(N(c1ccccc1)C1CCC3=C(C1)OC1=C(CC(N(C4CC=CCC4)C4C=C5CCCCC5=C5C6CC6CCC54)CC1)O3)C1C=CCCC21. The lowest BCUT2D eigenvalue weighted by Gasteiger charge is -2.54. The Morgan fingerprint density at radius 1 is 0.579 bits per heavy atom. The number of allylic oxidation sites excluding steroid dienone is 8. The second-order valence-electron chi connectivity index (χ2n) is 20.3. The van der Waals surface area contributed by atoms with Gasteiger partial charge in [-0.3, -0.25) is 4.90 Å². The predicted molar refractivity (Wildman–Crippen MR) is 230 cm³/mol. The first kappa shape index (κ1) is 35.7. The second-order valence-corrected chi connectivity index (χ2v) is 20.3. The molecule has 1 aromatic rings. The largest absolute Gasteiger partial charge is 0.459 e. The van der Waals surface area contributed by atoms with E-state index in [0.717, 1.165) is 84.9 Å². The summed E-state index contributed by atoms with van der Waals surface area (Å²) in [7, 11) is 0. The maximum Gasteiger partial charge on any atom is 0.144 e. The normalized spacial score (nSPS) is 40.3. The van der Waals surface area contributed by atoms with Crippen molar-refractivity contribution in [3.05, 3.63) is 113 Å². The molecule has 12 rings (SSSR count). The molecule has 0 radical (unpaired) electrons. The molecular weight excluding hydrogens is 697 g/mol. The van der Waals surface area contributed by atoms with Gasteiger partial charge in [0.1, 0.15) is 23.0 Å². The summed E-state index contributed by atoms with van der Waals surface area (Å²) in [5, 5.41) is 0. The Morgan fingerprint density at radius 2 is 1.35 bits per heavy atom. The maximum atomic E-state index is 7.13. The molecular formula is C53H66N2O2. The standard InChI is InChI=1S/C53H66N2O2/c1-3-15-37(16-4-1)54(47-30-34-13-7-9-19-41(34)43-21-11-12-22-44(43)47)39-24-27-49-51(32-39)56-50-28-25-40(33-52(50)57-49)55(38-17-5-2-6-18-38)48-31-35-14-8-10-20-42(35)53-45(48)26-23-36-29-46(36)53/h1-5,9,12,15-16,19,22,31,34,36,38-41,43-48H,6-8,10-11,13-14,17-18,20-21,23-30,32-33H2. The van der Waals surface area contributed by atoms with Crippen molar-refractivity contribution < 1.29 is 9.47 Å². The highest BCUT2D eigenvalue weighted by atomic mass is 16.6. The van der Waals surface area contributed by atoms with E-state index in [-0.39, 0.29) is 0 Å². The number of rotatable bonds is 6. The van der Waals surface area contributed by atoms with E-state index in [4.69, 9.17) is 9.47 Å². The number of benzene rings is 1. The van der Waals surface area contributed by atoms with Gasteiger partial charge in [0.2, 0.25) is 0 Å². The fraction of sp³-hybridized carbons (Fsp3) is 0.623. The van der Waals surface area contributed by atoms with E-state index in [1.807, 2.05) is 11.1 Å². The number of nitrogens with zero attached hydrogens (tertiary/aromatic N) is 2. The van der Waals surface area contributed by atoms with Gasteiger partial charge in [-0.1, -0.05) is 66.3 Å². The monoisotopic (exact) mass is 763 g/mol.